The molecule has 0 saturated carbocycles. The highest BCUT2D eigenvalue weighted by atomic mass is 35.5. The largest absolute Gasteiger partial charge is 0.495 e. The highest BCUT2D eigenvalue weighted by Gasteiger charge is 2.19. The van der Waals surface area contributed by atoms with Gasteiger partial charge in [0.05, 0.1) is 12.8 Å². The van der Waals surface area contributed by atoms with Crippen LogP contribution in [0.15, 0.2) is 39.8 Å². The highest BCUT2D eigenvalue weighted by Crippen LogP contribution is 2.27. The number of furan rings is 1. The molecule has 0 radical (unpaired) electrons. The summed E-state index contributed by atoms with van der Waals surface area (Å²) in [4.78, 5) is 23.6. The number of rotatable bonds is 6. The number of carbonyl (C=O) groups excluding carboxylic acids is 2. The molecule has 1 heterocycles. The number of carbonyl (C=O) groups is 2. The van der Waals surface area contributed by atoms with E-state index in [2.05, 4.69) is 5.32 Å². The summed E-state index contributed by atoms with van der Waals surface area (Å²) in [5.74, 6) is -1.72. The predicted octanol–water partition coefficient (Wildman–Crippen LogP) is 1.38. The van der Waals surface area contributed by atoms with E-state index in [9.17, 15) is 18.0 Å². The lowest BCUT2D eigenvalue weighted by molar-refractivity contribution is -0.119. The summed E-state index contributed by atoms with van der Waals surface area (Å²) in [5, 5.41) is 7.11. The number of nitrogens with two attached hydrogens (primary N) is 1. The van der Waals surface area contributed by atoms with Crippen LogP contribution in [-0.2, 0) is 19.6 Å². The highest BCUT2D eigenvalue weighted by molar-refractivity contribution is 7.89. The molecule has 0 aliphatic heterocycles. The monoisotopic (exact) mass is 388 g/mol. The molecule has 1 aromatic heterocycles. The molecule has 9 nitrogen and oxygen atoms in total. The fourth-order valence-corrected chi connectivity index (χ4v) is 2.38. The minimum Gasteiger partial charge on any atom is -0.495 e. The van der Waals surface area contributed by atoms with E-state index in [1.807, 2.05) is 0 Å². The van der Waals surface area contributed by atoms with E-state index >= 15 is 0 Å². The van der Waals surface area contributed by atoms with Crippen molar-refractivity contribution in [3.05, 3.63) is 41.1 Å². The van der Waals surface area contributed by atoms with Crippen molar-refractivity contribution >= 4 is 39.2 Å². The van der Waals surface area contributed by atoms with Gasteiger partial charge < -0.3 is 19.2 Å². The van der Waals surface area contributed by atoms with Gasteiger partial charge in [-0.3, -0.25) is 4.79 Å². The summed E-state index contributed by atoms with van der Waals surface area (Å²) in [6.45, 7) is -0.639. The van der Waals surface area contributed by atoms with Gasteiger partial charge in [-0.1, -0.05) is 11.6 Å². The maximum atomic E-state index is 11.9. The minimum absolute atomic E-state index is 0.297. The van der Waals surface area contributed by atoms with E-state index in [0.29, 0.717) is 16.5 Å². The zero-order valence-corrected chi connectivity index (χ0v) is 14.4. The van der Waals surface area contributed by atoms with Crippen LogP contribution in [0.2, 0.25) is 5.02 Å². The Morgan fingerprint density at radius 3 is 2.60 bits per heavy atom. The summed E-state index contributed by atoms with van der Waals surface area (Å²) in [6, 6.07) is 6.67. The molecule has 25 heavy (non-hydrogen) atoms. The first-order chi connectivity index (χ1) is 11.7. The van der Waals surface area contributed by atoms with Crippen molar-refractivity contribution in [2.75, 3.05) is 19.0 Å². The van der Waals surface area contributed by atoms with Gasteiger partial charge in [0, 0.05) is 5.02 Å². The van der Waals surface area contributed by atoms with Crippen LogP contribution in [0.1, 0.15) is 10.6 Å². The number of primary sulfonamides is 1. The summed E-state index contributed by atoms with van der Waals surface area (Å²) in [5.41, 5.74) is 0.297. The van der Waals surface area contributed by atoms with Crippen LogP contribution in [0.3, 0.4) is 0 Å². The second kappa shape index (κ2) is 7.55. The van der Waals surface area contributed by atoms with Gasteiger partial charge in [-0.25, -0.2) is 18.4 Å². The molecule has 0 aliphatic rings. The maximum Gasteiger partial charge on any atom is 0.374 e. The van der Waals surface area contributed by atoms with Crippen molar-refractivity contribution in [2.45, 2.75) is 5.09 Å². The molecule has 0 atom stereocenters. The summed E-state index contributed by atoms with van der Waals surface area (Å²) in [6.07, 6.45) is 0. The molecule has 2 aromatic rings. The first kappa shape index (κ1) is 18.8. The Hall–Kier alpha value is -2.56. The van der Waals surface area contributed by atoms with Crippen LogP contribution in [-0.4, -0.2) is 34.0 Å². The minimum atomic E-state index is -4.08. The number of ether oxygens (including phenoxy) is 2. The van der Waals surface area contributed by atoms with Crippen molar-refractivity contribution in [1.29, 1.82) is 0 Å². The Morgan fingerprint density at radius 2 is 2.00 bits per heavy atom. The normalized spacial score (nSPS) is 11.0. The van der Waals surface area contributed by atoms with E-state index < -0.39 is 39.4 Å². The van der Waals surface area contributed by atoms with Crippen molar-refractivity contribution < 1.29 is 31.9 Å². The number of hydrogen-bond acceptors (Lipinski definition) is 7. The number of hydrogen-bond donors (Lipinski definition) is 2. The number of nitrogens with one attached hydrogen (secondary N) is 1. The lowest BCUT2D eigenvalue weighted by atomic mass is 10.3. The van der Waals surface area contributed by atoms with Gasteiger partial charge in [-0.05, 0) is 30.3 Å². The molecule has 1 aromatic carbocycles. The number of halogens is 1. The number of amides is 1. The molecular formula is C14H13ClN2O7S. The van der Waals surface area contributed by atoms with Gasteiger partial charge in [0.25, 0.3) is 15.9 Å². The van der Waals surface area contributed by atoms with Gasteiger partial charge in [0.2, 0.25) is 10.9 Å². The van der Waals surface area contributed by atoms with Crippen LogP contribution < -0.4 is 15.2 Å². The smallest absolute Gasteiger partial charge is 0.374 e. The lowest BCUT2D eigenvalue weighted by Crippen LogP contribution is -2.21. The van der Waals surface area contributed by atoms with Crippen LogP contribution in [0.5, 0.6) is 5.75 Å². The molecule has 0 saturated heterocycles. The molecule has 0 unspecified atom stereocenters. The van der Waals surface area contributed by atoms with Gasteiger partial charge in [0.15, 0.2) is 6.61 Å². The third-order valence-corrected chi connectivity index (χ3v) is 3.85. The number of sulfonamides is 1. The molecule has 2 rings (SSSR count). The lowest BCUT2D eigenvalue weighted by Gasteiger charge is -2.10. The Balaban J connectivity index is 1.97. The molecule has 0 aliphatic carbocycles. The SMILES string of the molecule is COc1ccc(Cl)cc1NC(=O)COC(=O)c1ccc(S(N)(=O)=O)o1. The third-order valence-electron chi connectivity index (χ3n) is 2.83. The van der Waals surface area contributed by atoms with Gasteiger partial charge in [-0.15, -0.1) is 0 Å². The average molecular weight is 389 g/mol. The van der Waals surface area contributed by atoms with Crippen LogP contribution >= 0.6 is 11.6 Å². The standard InChI is InChI=1S/C14H13ClN2O7S/c1-22-10-3-2-8(15)6-9(10)17-12(18)7-23-14(19)11-4-5-13(24-11)25(16,20)21/h2-6H,7H2,1H3,(H,17,18)(H2,16,20,21). The van der Waals surface area contributed by atoms with E-state index in [0.717, 1.165) is 12.1 Å². The number of anilines is 1. The molecular weight excluding hydrogens is 376 g/mol. The van der Waals surface area contributed by atoms with Crippen molar-refractivity contribution in [1.82, 2.24) is 0 Å². The summed E-state index contributed by atoms with van der Waals surface area (Å²) in [7, 11) is -2.66. The Bertz CT molecular complexity index is 908. The number of benzene rings is 1. The fraction of sp³-hybridized carbons (Fsp3) is 0.143. The molecule has 0 bridgehead atoms. The quantitative estimate of drug-likeness (QED) is 0.713. The first-order valence-electron chi connectivity index (χ1n) is 6.64. The van der Waals surface area contributed by atoms with Crippen LogP contribution in [0.4, 0.5) is 5.69 Å². The second-order valence-electron chi connectivity index (χ2n) is 4.63. The fourth-order valence-electron chi connectivity index (χ4n) is 1.75. The van der Waals surface area contributed by atoms with Crippen LogP contribution in [0, 0.1) is 0 Å². The number of esters is 1. The van der Waals surface area contributed by atoms with E-state index in [-0.39, 0.29) is 0 Å². The zero-order valence-electron chi connectivity index (χ0n) is 12.8. The number of methoxy groups -OCH3 is 1. The van der Waals surface area contributed by atoms with Crippen LogP contribution in [0.25, 0.3) is 0 Å². The van der Waals surface area contributed by atoms with Gasteiger partial charge in [0.1, 0.15) is 5.75 Å². The maximum absolute atomic E-state index is 11.9. The molecule has 0 spiro atoms. The van der Waals surface area contributed by atoms with E-state index in [1.54, 1.807) is 12.1 Å². The second-order valence-corrected chi connectivity index (χ2v) is 6.56. The topological polar surface area (TPSA) is 138 Å². The van der Waals surface area contributed by atoms with E-state index in [1.165, 1.54) is 13.2 Å². The summed E-state index contributed by atoms with van der Waals surface area (Å²) >= 11 is 5.84. The van der Waals surface area contributed by atoms with Crippen molar-refractivity contribution in [3.63, 3.8) is 0 Å². The molecule has 3 N–H and O–H groups in total. The van der Waals surface area contributed by atoms with Crippen molar-refractivity contribution in [3.8, 4) is 5.75 Å². The zero-order chi connectivity index (χ0) is 18.6. The third kappa shape index (κ3) is 4.95. The Morgan fingerprint density at radius 1 is 1.28 bits per heavy atom. The Labute approximate surface area is 147 Å². The first-order valence-corrected chi connectivity index (χ1v) is 8.56. The Kier molecular flexibility index (Phi) is 5.67. The molecule has 11 heteroatoms. The van der Waals surface area contributed by atoms with Crippen molar-refractivity contribution in [2.24, 2.45) is 5.14 Å². The van der Waals surface area contributed by atoms with E-state index in [4.69, 9.17) is 30.6 Å². The molecule has 0 fully saturated rings. The average Bonchev–Trinajstić information content (AvgIpc) is 3.03. The van der Waals surface area contributed by atoms with Gasteiger partial charge in [-0.2, -0.15) is 0 Å². The van der Waals surface area contributed by atoms with Gasteiger partial charge >= 0.3 is 5.97 Å². The summed E-state index contributed by atoms with van der Waals surface area (Å²) < 4.78 is 36.7. The molecule has 134 valence electrons. The predicted molar refractivity (Wildman–Crippen MR) is 87.0 cm³/mol. The molecule has 1 amide bonds.